The van der Waals surface area contributed by atoms with E-state index in [0.29, 0.717) is 17.1 Å². The minimum absolute atomic E-state index is 0.291. The lowest BCUT2D eigenvalue weighted by atomic mass is 10.2. The van der Waals surface area contributed by atoms with E-state index in [1.54, 1.807) is 31.2 Å². The van der Waals surface area contributed by atoms with Crippen LogP contribution in [0.4, 0.5) is 0 Å². The van der Waals surface area contributed by atoms with Crippen molar-refractivity contribution < 1.29 is 14.3 Å². The Morgan fingerprint density at radius 2 is 1.69 bits per heavy atom. The van der Waals surface area contributed by atoms with Crippen LogP contribution in [-0.2, 0) is 4.79 Å². The van der Waals surface area contributed by atoms with Crippen LogP contribution in [0.15, 0.2) is 65.5 Å². The maximum Gasteiger partial charge on any atom is 0.294 e. The maximum atomic E-state index is 12.4. The number of benzene rings is 2. The van der Waals surface area contributed by atoms with Gasteiger partial charge in [0.05, 0.1) is 5.69 Å². The molecule has 0 unspecified atom stereocenters. The van der Waals surface area contributed by atoms with Crippen molar-refractivity contribution in [3.05, 3.63) is 87.8 Å². The largest absolute Gasteiger partial charge is 0.483 e. The van der Waals surface area contributed by atoms with Crippen LogP contribution in [0.5, 0.6) is 5.75 Å². The van der Waals surface area contributed by atoms with Crippen LogP contribution < -0.4 is 21.0 Å². The van der Waals surface area contributed by atoms with Gasteiger partial charge in [0.25, 0.3) is 11.8 Å². The minimum Gasteiger partial charge on any atom is -0.483 e. The SMILES string of the molecule is Cc1ccccc1OCC(=O)NNC(=O)c1nn(-c2ccccc2)c(C)cc1=O. The average molecular weight is 392 g/mol. The quantitative estimate of drug-likeness (QED) is 0.644. The summed E-state index contributed by atoms with van der Waals surface area (Å²) in [5, 5.41) is 4.13. The summed E-state index contributed by atoms with van der Waals surface area (Å²) in [5.41, 5.74) is 5.70. The van der Waals surface area contributed by atoms with Crippen LogP contribution in [0, 0.1) is 13.8 Å². The zero-order valence-corrected chi connectivity index (χ0v) is 16.0. The molecule has 0 aliphatic rings. The molecule has 148 valence electrons. The summed E-state index contributed by atoms with van der Waals surface area (Å²) < 4.78 is 6.89. The number of carbonyl (C=O) groups excluding carboxylic acids is 2. The van der Waals surface area contributed by atoms with Crippen LogP contribution >= 0.6 is 0 Å². The molecule has 8 nitrogen and oxygen atoms in total. The standard InChI is InChI=1S/C21H20N4O4/c1-14-8-6-7-11-18(14)29-13-19(27)22-23-21(28)20-17(26)12-15(2)25(24-20)16-9-4-3-5-10-16/h3-12H,13H2,1-2H3,(H,22,27)(H,23,28). The molecule has 8 heteroatoms. The van der Waals surface area contributed by atoms with Crippen LogP contribution in [0.1, 0.15) is 21.7 Å². The van der Waals surface area contributed by atoms with E-state index in [1.165, 1.54) is 10.7 Å². The number of aryl methyl sites for hydroxylation is 2. The van der Waals surface area contributed by atoms with E-state index in [4.69, 9.17) is 4.74 Å². The van der Waals surface area contributed by atoms with Gasteiger partial charge in [-0.15, -0.1) is 0 Å². The summed E-state index contributed by atoms with van der Waals surface area (Å²) in [5.74, 6) is -0.819. The molecule has 2 aromatic carbocycles. The van der Waals surface area contributed by atoms with Crippen LogP contribution in [0.2, 0.25) is 0 Å². The van der Waals surface area contributed by atoms with Gasteiger partial charge in [0.2, 0.25) is 5.43 Å². The number of hydrogen-bond donors (Lipinski definition) is 2. The number of para-hydroxylation sites is 2. The van der Waals surface area contributed by atoms with E-state index in [-0.39, 0.29) is 12.3 Å². The van der Waals surface area contributed by atoms with Gasteiger partial charge in [-0.3, -0.25) is 25.2 Å². The number of ether oxygens (including phenoxy) is 1. The molecule has 0 saturated carbocycles. The van der Waals surface area contributed by atoms with Gasteiger partial charge in [-0.25, -0.2) is 4.68 Å². The first-order valence-corrected chi connectivity index (χ1v) is 8.89. The number of aromatic nitrogens is 2. The van der Waals surface area contributed by atoms with E-state index in [1.807, 2.05) is 37.3 Å². The first-order chi connectivity index (χ1) is 14.0. The van der Waals surface area contributed by atoms with Gasteiger partial charge >= 0.3 is 0 Å². The molecule has 0 saturated heterocycles. The van der Waals surface area contributed by atoms with Gasteiger partial charge in [0.15, 0.2) is 12.3 Å². The van der Waals surface area contributed by atoms with Gasteiger partial charge in [-0.05, 0) is 37.6 Å². The van der Waals surface area contributed by atoms with Crippen molar-refractivity contribution in [2.24, 2.45) is 0 Å². The van der Waals surface area contributed by atoms with Crippen molar-refractivity contribution in [2.75, 3.05) is 6.61 Å². The molecular weight excluding hydrogens is 372 g/mol. The lowest BCUT2D eigenvalue weighted by Gasteiger charge is -2.12. The second-order valence-electron chi connectivity index (χ2n) is 6.30. The third kappa shape index (κ3) is 4.86. The highest BCUT2D eigenvalue weighted by molar-refractivity contribution is 5.93. The molecule has 3 aromatic rings. The highest BCUT2D eigenvalue weighted by Gasteiger charge is 2.16. The summed E-state index contributed by atoms with van der Waals surface area (Å²) in [4.78, 5) is 36.5. The molecule has 1 heterocycles. The molecule has 29 heavy (non-hydrogen) atoms. The highest BCUT2D eigenvalue weighted by atomic mass is 16.5. The van der Waals surface area contributed by atoms with Crippen LogP contribution in [0.3, 0.4) is 0 Å². The summed E-state index contributed by atoms with van der Waals surface area (Å²) in [6.45, 7) is 3.28. The Morgan fingerprint density at radius 3 is 2.41 bits per heavy atom. The summed E-state index contributed by atoms with van der Waals surface area (Å²) in [6.07, 6.45) is 0. The summed E-state index contributed by atoms with van der Waals surface area (Å²) >= 11 is 0. The topological polar surface area (TPSA) is 102 Å². The molecule has 1 aromatic heterocycles. The summed E-state index contributed by atoms with van der Waals surface area (Å²) in [7, 11) is 0. The Bertz CT molecular complexity index is 1090. The van der Waals surface area contributed by atoms with Crippen molar-refractivity contribution >= 4 is 11.8 Å². The first-order valence-electron chi connectivity index (χ1n) is 8.89. The number of amides is 2. The minimum atomic E-state index is -0.816. The van der Waals surface area contributed by atoms with E-state index >= 15 is 0 Å². The number of hydrogen-bond acceptors (Lipinski definition) is 5. The fraction of sp³-hybridized carbons (Fsp3) is 0.143. The number of rotatable bonds is 5. The molecular formula is C21H20N4O4. The fourth-order valence-electron chi connectivity index (χ4n) is 2.62. The lowest BCUT2D eigenvalue weighted by Crippen LogP contribution is -2.45. The zero-order chi connectivity index (χ0) is 20.8. The molecule has 2 N–H and O–H groups in total. The van der Waals surface area contributed by atoms with Crippen molar-refractivity contribution in [3.8, 4) is 11.4 Å². The monoisotopic (exact) mass is 392 g/mol. The molecule has 0 fully saturated rings. The van der Waals surface area contributed by atoms with Crippen molar-refractivity contribution in [1.82, 2.24) is 20.6 Å². The van der Waals surface area contributed by atoms with Gasteiger partial charge < -0.3 is 4.74 Å². The summed E-state index contributed by atoms with van der Waals surface area (Å²) in [6, 6.07) is 17.7. The number of carbonyl (C=O) groups is 2. The number of nitrogens with one attached hydrogen (secondary N) is 2. The number of hydrazine groups is 1. The number of nitrogens with zero attached hydrogens (tertiary/aromatic N) is 2. The second kappa shape index (κ2) is 8.83. The highest BCUT2D eigenvalue weighted by Crippen LogP contribution is 2.15. The van der Waals surface area contributed by atoms with E-state index in [9.17, 15) is 14.4 Å². The Hall–Kier alpha value is -3.94. The van der Waals surface area contributed by atoms with Crippen molar-refractivity contribution in [1.29, 1.82) is 0 Å². The van der Waals surface area contributed by atoms with Crippen molar-refractivity contribution in [2.45, 2.75) is 13.8 Å². The fourth-order valence-corrected chi connectivity index (χ4v) is 2.62. The molecule has 0 atom stereocenters. The second-order valence-corrected chi connectivity index (χ2v) is 6.30. The van der Waals surface area contributed by atoms with E-state index in [2.05, 4.69) is 16.0 Å². The molecule has 0 aliphatic heterocycles. The van der Waals surface area contributed by atoms with Crippen molar-refractivity contribution in [3.63, 3.8) is 0 Å². The smallest absolute Gasteiger partial charge is 0.294 e. The first kappa shape index (κ1) is 19.8. The Morgan fingerprint density at radius 1 is 1.00 bits per heavy atom. The van der Waals surface area contributed by atoms with Crippen LogP contribution in [-0.4, -0.2) is 28.2 Å². The molecule has 0 bridgehead atoms. The predicted octanol–water partition coefficient (Wildman–Crippen LogP) is 1.69. The molecule has 3 rings (SSSR count). The molecule has 2 amide bonds. The Balaban J connectivity index is 1.65. The van der Waals surface area contributed by atoms with Gasteiger partial charge in [0, 0.05) is 11.8 Å². The lowest BCUT2D eigenvalue weighted by molar-refractivity contribution is -0.123. The molecule has 0 aliphatic carbocycles. The zero-order valence-electron chi connectivity index (χ0n) is 16.0. The van der Waals surface area contributed by atoms with Gasteiger partial charge in [-0.1, -0.05) is 36.4 Å². The predicted molar refractivity (Wildman–Crippen MR) is 107 cm³/mol. The molecule has 0 spiro atoms. The normalized spacial score (nSPS) is 10.3. The molecule has 0 radical (unpaired) electrons. The van der Waals surface area contributed by atoms with Gasteiger partial charge in [-0.2, -0.15) is 5.10 Å². The maximum absolute atomic E-state index is 12.4. The van der Waals surface area contributed by atoms with E-state index in [0.717, 1.165) is 5.56 Å². The van der Waals surface area contributed by atoms with E-state index < -0.39 is 17.2 Å². The van der Waals surface area contributed by atoms with Gasteiger partial charge in [0.1, 0.15) is 5.75 Å². The van der Waals surface area contributed by atoms with Crippen LogP contribution in [0.25, 0.3) is 5.69 Å². The third-order valence-corrected chi connectivity index (χ3v) is 4.09. The Kier molecular flexibility index (Phi) is 6.03. The average Bonchev–Trinajstić information content (AvgIpc) is 2.72. The Labute approximate surface area is 167 Å². The third-order valence-electron chi connectivity index (χ3n) is 4.09.